The van der Waals surface area contributed by atoms with Crippen LogP contribution in [0.25, 0.3) is 181 Å². The first-order chi connectivity index (χ1) is 66.5. The molecule has 8 aromatic carbocycles. The van der Waals surface area contributed by atoms with Gasteiger partial charge in [0.15, 0.2) is 45.9 Å². The van der Waals surface area contributed by atoms with Gasteiger partial charge in [0.2, 0.25) is 0 Å². The Labute approximate surface area is 783 Å². The molecule has 8 bridgehead atoms. The summed E-state index contributed by atoms with van der Waals surface area (Å²) in [5.74, 6) is 2.21. The van der Waals surface area contributed by atoms with Gasteiger partial charge in [0.25, 0.3) is 22.7 Å². The maximum absolute atomic E-state index is 12.4. The molecule has 2 aliphatic heterocycles. The molecule has 0 unspecified atom stereocenters. The van der Waals surface area contributed by atoms with Crippen molar-refractivity contribution < 1.29 is 38.6 Å². The van der Waals surface area contributed by atoms with E-state index in [1.54, 1.807) is 48.5 Å². The fourth-order valence-electron chi connectivity index (χ4n) is 16.7. The minimum Gasteiger partial charge on any atom is -0.494 e. The smallest absolute Gasteiger partial charge is 0.269 e. The van der Waals surface area contributed by atoms with E-state index in [0.29, 0.717) is 117 Å². The van der Waals surface area contributed by atoms with Gasteiger partial charge >= 0.3 is 0 Å². The van der Waals surface area contributed by atoms with Crippen LogP contribution in [0, 0.1) is 40.5 Å². The van der Waals surface area contributed by atoms with Crippen molar-refractivity contribution in [1.29, 1.82) is 0 Å². The number of ether oxygens (including phenoxy) is 4. The van der Waals surface area contributed by atoms with E-state index in [2.05, 4.69) is 37.7 Å². The van der Waals surface area contributed by atoms with E-state index < -0.39 is 19.7 Å². The maximum Gasteiger partial charge on any atom is 0.269 e. The first kappa shape index (κ1) is 92.1. The number of nitro benzene ring substituents is 4. The van der Waals surface area contributed by atoms with Crippen molar-refractivity contribution in [2.45, 2.75) is 182 Å². The van der Waals surface area contributed by atoms with Gasteiger partial charge < -0.3 is 28.9 Å². The van der Waals surface area contributed by atoms with Crippen molar-refractivity contribution >= 4 is 67.4 Å². The Kier molecular flexibility index (Phi) is 29.3. The number of aromatic amines is 2. The summed E-state index contributed by atoms with van der Waals surface area (Å²) in [6.45, 7) is 10.8. The molecule has 0 spiro atoms. The lowest BCUT2D eigenvalue weighted by Gasteiger charge is -2.12. The lowest BCUT2D eigenvalue weighted by Crippen LogP contribution is -2.00. The average Bonchev–Trinajstić information content (AvgIpc) is 1.58. The summed E-state index contributed by atoms with van der Waals surface area (Å²) in [6.07, 6.45) is 25.9. The number of H-pyrrole nitrogens is 2. The van der Waals surface area contributed by atoms with E-state index in [1.165, 1.54) is 74.2 Å². The highest BCUT2D eigenvalue weighted by Gasteiger charge is 2.33. The van der Waals surface area contributed by atoms with Crippen LogP contribution in [0.2, 0.25) is 0 Å². The van der Waals surface area contributed by atoms with Crippen molar-refractivity contribution in [3.63, 3.8) is 0 Å². The van der Waals surface area contributed by atoms with Gasteiger partial charge in [0.1, 0.15) is 67.8 Å². The normalized spacial score (nSPS) is 11.6. The molecule has 0 atom stereocenters. The lowest BCUT2D eigenvalue weighted by atomic mass is 10.0. The predicted molar refractivity (Wildman–Crippen MR) is 524 cm³/mol. The van der Waals surface area contributed by atoms with E-state index in [0.717, 1.165) is 128 Å². The van der Waals surface area contributed by atoms with Gasteiger partial charge in [-0.05, 0) is 171 Å². The van der Waals surface area contributed by atoms with Crippen molar-refractivity contribution in [3.8, 4) is 159 Å². The summed E-state index contributed by atoms with van der Waals surface area (Å²) in [5, 5.41) is 49.7. The molecule has 2 aliphatic rings. The molecule has 15 aromatic rings. The van der Waals surface area contributed by atoms with Crippen molar-refractivity contribution in [2.24, 2.45) is 0 Å². The highest BCUT2D eigenvalue weighted by molar-refractivity contribution is 6.05. The summed E-state index contributed by atoms with van der Waals surface area (Å²) in [5.41, 5.74) is 6.71. The van der Waals surface area contributed by atoms with Gasteiger partial charge in [-0.2, -0.15) is 0 Å². The van der Waals surface area contributed by atoms with Crippen LogP contribution in [0.3, 0.4) is 0 Å². The number of hydrogen-bond acceptors (Lipinski definition) is 26. The van der Waals surface area contributed by atoms with Gasteiger partial charge in [0.05, 0.1) is 91.7 Å². The Morgan fingerprint density at radius 3 is 0.559 bits per heavy atom. The number of non-ortho nitro benzene ring substituents is 4. The summed E-state index contributed by atoms with van der Waals surface area (Å²) in [6, 6.07) is 53.7. The van der Waals surface area contributed by atoms with Crippen LogP contribution >= 0.6 is 0 Å². The Hall–Kier alpha value is -15.8. The van der Waals surface area contributed by atoms with Gasteiger partial charge in [-0.15, -0.1) is 0 Å². The second kappa shape index (κ2) is 43.3. The second-order valence-corrected chi connectivity index (χ2v) is 33.9. The molecule has 32 heteroatoms. The number of nitrogens with one attached hydrogen (secondary N) is 2. The molecule has 0 saturated carbocycles. The summed E-state index contributed by atoms with van der Waals surface area (Å²) in [7, 11) is 0. The highest BCUT2D eigenvalue weighted by atomic mass is 16.6. The van der Waals surface area contributed by atoms with Crippen molar-refractivity contribution in [3.05, 3.63) is 235 Å². The fraction of sp³-hybridized carbons (Fsp3) is 0.308. The Balaban J connectivity index is 0.949. The summed E-state index contributed by atoms with van der Waals surface area (Å²) >= 11 is 0. The van der Waals surface area contributed by atoms with Gasteiger partial charge in [-0.1, -0.05) is 156 Å². The SMILES string of the molecule is CCCCCCCCOc1ccc(-c2nc3c(nc2-c2ccc([N+](=O)[O-])cc2)-c2nc-3nc3[nH]c(nc4nc(nc5[nH]c(n2)c2nc(-c6ccc(OCCCCCCCC)cc6)c(-c6ccc([N+](=O)[O-])cc6)nc52)-c2nc(-c5ccc(OCCCCCCCC)cc5)c(-c5ccc([N+](=O)[O-])cc5)nc2-4)c2nc(-c4ccc(OCCCCCCCC)cc4)c(-c4ccc([N+](=O)[O-])cc4)nc32)cc1. The van der Waals surface area contributed by atoms with Crippen LogP contribution < -0.4 is 18.9 Å². The molecule has 0 amide bonds. The third kappa shape index (κ3) is 21.3. The van der Waals surface area contributed by atoms with Crippen LogP contribution in [-0.2, 0) is 0 Å². The fourth-order valence-corrected chi connectivity index (χ4v) is 16.7. The minimum atomic E-state index is -0.482. The van der Waals surface area contributed by atoms with Crippen LogP contribution in [0.5, 0.6) is 23.0 Å². The van der Waals surface area contributed by atoms with E-state index in [1.807, 2.05) is 97.1 Å². The quantitative estimate of drug-likeness (QED) is 0.0203. The molecular formula is C104H102N20O12. The van der Waals surface area contributed by atoms with Crippen molar-refractivity contribution in [1.82, 2.24) is 79.7 Å². The molecule has 0 saturated heterocycles. The molecule has 9 heterocycles. The number of nitrogens with zero attached hydrogens (tertiary/aromatic N) is 18. The van der Waals surface area contributed by atoms with E-state index >= 15 is 0 Å². The summed E-state index contributed by atoms with van der Waals surface area (Å²) < 4.78 is 25.3. The Morgan fingerprint density at radius 1 is 0.206 bits per heavy atom. The molecule has 0 aliphatic carbocycles. The van der Waals surface area contributed by atoms with Crippen LogP contribution in [-0.4, -0.2) is 126 Å². The molecule has 690 valence electrons. The van der Waals surface area contributed by atoms with Gasteiger partial charge in [0, 0.05) is 93.0 Å². The monoisotopic (exact) mass is 1820 g/mol. The molecule has 2 N–H and O–H groups in total. The van der Waals surface area contributed by atoms with E-state index in [9.17, 15) is 40.5 Å². The standard InChI is InChI=1S/C104H102N20O12/c1-5-9-13-17-21-25-61-133-77-53-37-69(38-54-77)85-81(65-29-45-73(46-30-65)121(125)126)105-89-93(109-85)101-113-97(89)118-102-95-91(107-83(67-33-49-75(50-34-67)123(129)130)87(111-95)71-41-57-79(58-42-71)135-63-27-23-19-15-11-7-3)99(115-102)120-104-96-92(108-84(68-35-51-76(52-36-68)124(131)132)88(112-96)72-43-59-80(60-44-72)136-64-28-24-20-16-12-8-4)100(116-104)119-103-94-90(98(114-103)117-101)106-82(66-31-47-74(48-32-66)122(127)128)86(110-94)70-39-55-78(56-40-70)134-62-26-22-18-14-10-6-2/h29-60H,5-28,61-64H2,1-4H3,(H2,113,114,115,116,117,118,119,120). The van der Waals surface area contributed by atoms with Crippen LogP contribution in [0.1, 0.15) is 182 Å². The number of hydrogen-bond donors (Lipinski definition) is 2. The highest BCUT2D eigenvalue weighted by Crippen LogP contribution is 2.45. The zero-order valence-corrected chi connectivity index (χ0v) is 76.2. The molecule has 32 nitrogen and oxygen atoms in total. The van der Waals surface area contributed by atoms with Gasteiger partial charge in [-0.25, -0.2) is 69.8 Å². The number of benzene rings is 8. The van der Waals surface area contributed by atoms with E-state index in [4.69, 9.17) is 88.7 Å². The molecule has 17 rings (SSSR count). The predicted octanol–water partition coefficient (Wildman–Crippen LogP) is 26.0. The third-order valence-electron chi connectivity index (χ3n) is 24.1. The van der Waals surface area contributed by atoms with Crippen LogP contribution in [0.4, 0.5) is 22.7 Å². The molecule has 136 heavy (non-hydrogen) atoms. The largest absolute Gasteiger partial charge is 0.494 e. The Morgan fingerprint density at radius 2 is 0.375 bits per heavy atom. The number of aromatic nitrogens is 16. The van der Waals surface area contributed by atoms with Gasteiger partial charge in [-0.3, -0.25) is 40.5 Å². The first-order valence-corrected chi connectivity index (χ1v) is 47.0. The third-order valence-corrected chi connectivity index (χ3v) is 24.1. The zero-order chi connectivity index (χ0) is 94.0. The molecule has 0 fully saturated rings. The minimum absolute atomic E-state index is 0.0166. The number of nitro groups is 4. The van der Waals surface area contributed by atoms with E-state index in [-0.39, 0.29) is 136 Å². The molecular weight excluding hydrogens is 1720 g/mol. The summed E-state index contributed by atoms with van der Waals surface area (Å²) in [4.78, 5) is 131. The second-order valence-electron chi connectivity index (χ2n) is 33.9. The molecule has 0 radical (unpaired) electrons. The number of fused-ring (bicyclic) bond motifs is 20. The molecule has 7 aromatic heterocycles. The number of unbranched alkanes of at least 4 members (excludes halogenated alkanes) is 20. The Bertz CT molecular complexity index is 6610. The number of rotatable bonds is 44. The van der Waals surface area contributed by atoms with Crippen LogP contribution in [0.15, 0.2) is 194 Å². The maximum atomic E-state index is 12.4. The average molecular weight is 1820 g/mol. The topological polar surface area (TPSA) is 422 Å². The van der Waals surface area contributed by atoms with Crippen molar-refractivity contribution in [2.75, 3.05) is 26.4 Å². The zero-order valence-electron chi connectivity index (χ0n) is 76.2. The first-order valence-electron chi connectivity index (χ1n) is 47.0. The lowest BCUT2D eigenvalue weighted by molar-refractivity contribution is -0.385.